The number of hydrogen-bond donors (Lipinski definition) is 2. The Balaban J connectivity index is 2.17. The highest BCUT2D eigenvalue weighted by Gasteiger charge is 2.22. The lowest BCUT2D eigenvalue weighted by atomic mass is 9.81. The van der Waals surface area contributed by atoms with Crippen LogP contribution in [0, 0.1) is 11.3 Å². The summed E-state index contributed by atoms with van der Waals surface area (Å²) in [5, 5.41) is 3.37. The Kier molecular flexibility index (Phi) is 3.00. The molecule has 2 aromatic heterocycles. The van der Waals surface area contributed by atoms with Crippen molar-refractivity contribution in [1.29, 1.82) is 0 Å². The fraction of sp³-hybridized carbons (Fsp3) is 0.583. The Morgan fingerprint density at radius 3 is 2.76 bits per heavy atom. The largest absolute Gasteiger partial charge is 0.368 e. The van der Waals surface area contributed by atoms with Crippen molar-refractivity contribution in [3.8, 4) is 0 Å². The fourth-order valence-corrected chi connectivity index (χ4v) is 1.41. The van der Waals surface area contributed by atoms with Crippen LogP contribution >= 0.6 is 0 Å². The zero-order chi connectivity index (χ0) is 12.5. The van der Waals surface area contributed by atoms with Gasteiger partial charge in [-0.1, -0.05) is 27.7 Å². The molecule has 0 unspecified atom stereocenters. The monoisotopic (exact) mass is 233 g/mol. The lowest BCUT2D eigenvalue weighted by Crippen LogP contribution is -2.28. The van der Waals surface area contributed by atoms with Crippen molar-refractivity contribution in [3.63, 3.8) is 0 Å². The quantitative estimate of drug-likeness (QED) is 0.851. The number of hydrogen-bond acceptors (Lipinski definition) is 4. The Morgan fingerprint density at radius 1 is 1.29 bits per heavy atom. The van der Waals surface area contributed by atoms with Gasteiger partial charge in [0.1, 0.15) is 11.8 Å². The van der Waals surface area contributed by atoms with E-state index in [-0.39, 0.29) is 5.41 Å². The summed E-state index contributed by atoms with van der Waals surface area (Å²) in [5.41, 5.74) is 1.79. The number of imidazole rings is 1. The normalized spacial score (nSPS) is 12.3. The molecule has 0 spiro atoms. The van der Waals surface area contributed by atoms with Crippen LogP contribution < -0.4 is 5.32 Å². The van der Waals surface area contributed by atoms with Gasteiger partial charge < -0.3 is 10.3 Å². The SMILES string of the molecule is CC(C)C(C)(C)CNc1ncnc2nc[nH]c12. The van der Waals surface area contributed by atoms with E-state index < -0.39 is 0 Å². The maximum atomic E-state index is 4.25. The topological polar surface area (TPSA) is 66.5 Å². The molecule has 5 heteroatoms. The van der Waals surface area contributed by atoms with E-state index in [1.807, 2.05) is 0 Å². The summed E-state index contributed by atoms with van der Waals surface area (Å²) in [7, 11) is 0. The first-order chi connectivity index (χ1) is 8.00. The van der Waals surface area contributed by atoms with Gasteiger partial charge in [-0.3, -0.25) is 0 Å². The molecule has 0 amide bonds. The molecular formula is C12H19N5. The lowest BCUT2D eigenvalue weighted by molar-refractivity contribution is 0.269. The molecule has 0 saturated carbocycles. The molecule has 2 heterocycles. The van der Waals surface area contributed by atoms with Gasteiger partial charge in [0.15, 0.2) is 11.5 Å². The molecule has 0 saturated heterocycles. The molecule has 0 atom stereocenters. The summed E-state index contributed by atoms with van der Waals surface area (Å²) in [6.45, 7) is 9.82. The molecule has 92 valence electrons. The predicted molar refractivity (Wildman–Crippen MR) is 68.8 cm³/mol. The summed E-state index contributed by atoms with van der Waals surface area (Å²) in [6.07, 6.45) is 3.17. The first-order valence-corrected chi connectivity index (χ1v) is 5.88. The van der Waals surface area contributed by atoms with Crippen molar-refractivity contribution in [2.45, 2.75) is 27.7 Å². The van der Waals surface area contributed by atoms with Crippen LogP contribution in [0.1, 0.15) is 27.7 Å². The zero-order valence-corrected chi connectivity index (χ0v) is 10.8. The Morgan fingerprint density at radius 2 is 2.06 bits per heavy atom. The van der Waals surface area contributed by atoms with Crippen LogP contribution in [-0.4, -0.2) is 26.5 Å². The molecule has 0 fully saturated rings. The molecule has 0 radical (unpaired) electrons. The Hall–Kier alpha value is -1.65. The average molecular weight is 233 g/mol. The summed E-state index contributed by atoms with van der Waals surface area (Å²) < 4.78 is 0. The molecule has 0 aliphatic carbocycles. The minimum atomic E-state index is 0.220. The third-order valence-electron chi connectivity index (χ3n) is 3.50. The number of aromatic nitrogens is 4. The maximum Gasteiger partial charge on any atom is 0.182 e. The Labute approximate surface area is 101 Å². The van der Waals surface area contributed by atoms with E-state index in [2.05, 4.69) is 52.9 Å². The summed E-state index contributed by atoms with van der Waals surface area (Å²) in [4.78, 5) is 15.5. The van der Waals surface area contributed by atoms with E-state index in [0.717, 1.165) is 17.9 Å². The minimum Gasteiger partial charge on any atom is -0.368 e. The first kappa shape index (κ1) is 11.8. The highest BCUT2D eigenvalue weighted by Crippen LogP contribution is 2.26. The van der Waals surface area contributed by atoms with Crippen LogP contribution in [0.5, 0.6) is 0 Å². The number of anilines is 1. The van der Waals surface area contributed by atoms with Gasteiger partial charge in [0.05, 0.1) is 6.33 Å². The number of fused-ring (bicyclic) bond motifs is 1. The molecule has 0 aliphatic rings. The van der Waals surface area contributed by atoms with Gasteiger partial charge in [-0.25, -0.2) is 15.0 Å². The van der Waals surface area contributed by atoms with E-state index in [0.29, 0.717) is 11.6 Å². The summed E-state index contributed by atoms with van der Waals surface area (Å²) in [6, 6.07) is 0. The number of aromatic amines is 1. The van der Waals surface area contributed by atoms with Crippen LogP contribution in [0.15, 0.2) is 12.7 Å². The predicted octanol–water partition coefficient (Wildman–Crippen LogP) is 2.45. The highest BCUT2D eigenvalue weighted by molar-refractivity contribution is 5.81. The average Bonchev–Trinajstić information content (AvgIpc) is 2.74. The van der Waals surface area contributed by atoms with Crippen LogP contribution in [0.3, 0.4) is 0 Å². The summed E-state index contributed by atoms with van der Waals surface area (Å²) in [5.74, 6) is 1.43. The van der Waals surface area contributed by atoms with Crippen molar-refractivity contribution in [2.24, 2.45) is 11.3 Å². The third-order valence-corrected chi connectivity index (χ3v) is 3.50. The van der Waals surface area contributed by atoms with Crippen LogP contribution in [0.25, 0.3) is 11.2 Å². The minimum absolute atomic E-state index is 0.220. The molecule has 0 aliphatic heterocycles. The fourth-order valence-electron chi connectivity index (χ4n) is 1.41. The highest BCUT2D eigenvalue weighted by atomic mass is 15.1. The van der Waals surface area contributed by atoms with Crippen LogP contribution in [-0.2, 0) is 0 Å². The molecule has 2 rings (SSSR count). The van der Waals surface area contributed by atoms with Crippen LogP contribution in [0.2, 0.25) is 0 Å². The van der Waals surface area contributed by atoms with Gasteiger partial charge in [0.2, 0.25) is 0 Å². The second-order valence-corrected chi connectivity index (χ2v) is 5.32. The molecule has 0 bridgehead atoms. The van der Waals surface area contributed by atoms with Gasteiger partial charge in [0, 0.05) is 6.54 Å². The van der Waals surface area contributed by atoms with E-state index in [1.54, 1.807) is 6.33 Å². The van der Waals surface area contributed by atoms with Gasteiger partial charge in [0.25, 0.3) is 0 Å². The zero-order valence-electron chi connectivity index (χ0n) is 10.8. The van der Waals surface area contributed by atoms with Crippen molar-refractivity contribution >= 4 is 17.0 Å². The molecular weight excluding hydrogens is 214 g/mol. The molecule has 5 nitrogen and oxygen atoms in total. The number of H-pyrrole nitrogens is 1. The smallest absolute Gasteiger partial charge is 0.182 e. The maximum absolute atomic E-state index is 4.25. The van der Waals surface area contributed by atoms with E-state index in [4.69, 9.17) is 0 Å². The first-order valence-electron chi connectivity index (χ1n) is 5.88. The van der Waals surface area contributed by atoms with Crippen molar-refractivity contribution in [2.75, 3.05) is 11.9 Å². The molecule has 17 heavy (non-hydrogen) atoms. The number of nitrogens with one attached hydrogen (secondary N) is 2. The van der Waals surface area contributed by atoms with Crippen molar-refractivity contribution in [1.82, 2.24) is 19.9 Å². The van der Waals surface area contributed by atoms with Crippen molar-refractivity contribution in [3.05, 3.63) is 12.7 Å². The number of nitrogens with zero attached hydrogens (tertiary/aromatic N) is 3. The van der Waals surface area contributed by atoms with E-state index in [1.165, 1.54) is 6.33 Å². The van der Waals surface area contributed by atoms with Gasteiger partial charge in [-0.2, -0.15) is 0 Å². The van der Waals surface area contributed by atoms with Gasteiger partial charge in [-0.05, 0) is 11.3 Å². The van der Waals surface area contributed by atoms with Crippen LogP contribution in [0.4, 0.5) is 5.82 Å². The molecule has 2 N–H and O–H groups in total. The third kappa shape index (κ3) is 2.38. The standard InChI is InChI=1S/C12H19N5/c1-8(2)12(3,4)5-13-10-9-11(15-6-14-9)17-7-16-10/h6-8H,5H2,1-4H3,(H2,13,14,15,16,17). The second kappa shape index (κ2) is 4.31. The molecule has 0 aromatic carbocycles. The van der Waals surface area contributed by atoms with Gasteiger partial charge >= 0.3 is 0 Å². The van der Waals surface area contributed by atoms with Crippen molar-refractivity contribution < 1.29 is 0 Å². The van der Waals surface area contributed by atoms with E-state index in [9.17, 15) is 0 Å². The summed E-state index contributed by atoms with van der Waals surface area (Å²) >= 11 is 0. The Bertz CT molecular complexity index is 500. The van der Waals surface area contributed by atoms with Gasteiger partial charge in [-0.15, -0.1) is 0 Å². The second-order valence-electron chi connectivity index (χ2n) is 5.32. The lowest BCUT2D eigenvalue weighted by Gasteiger charge is -2.29. The van der Waals surface area contributed by atoms with E-state index >= 15 is 0 Å². The number of rotatable bonds is 4. The molecule has 2 aromatic rings.